The van der Waals surface area contributed by atoms with Gasteiger partial charge in [0.2, 0.25) is 5.91 Å². The Morgan fingerprint density at radius 3 is 2.58 bits per heavy atom. The highest BCUT2D eigenvalue weighted by Gasteiger charge is 2.27. The maximum absolute atomic E-state index is 13.0. The summed E-state index contributed by atoms with van der Waals surface area (Å²) in [6, 6.07) is 8.73. The summed E-state index contributed by atoms with van der Waals surface area (Å²) in [6.07, 6.45) is 11.9. The first-order valence-corrected chi connectivity index (χ1v) is 11.5. The summed E-state index contributed by atoms with van der Waals surface area (Å²) >= 11 is 3.45. The van der Waals surface area contributed by atoms with E-state index < -0.39 is 0 Å². The maximum Gasteiger partial charge on any atom is 0.233 e. The summed E-state index contributed by atoms with van der Waals surface area (Å²) < 4.78 is 0. The first-order chi connectivity index (χ1) is 12.8. The van der Waals surface area contributed by atoms with Gasteiger partial charge in [0, 0.05) is 21.7 Å². The van der Waals surface area contributed by atoms with E-state index in [9.17, 15) is 4.79 Å². The molecule has 3 nitrogen and oxygen atoms in total. The lowest BCUT2D eigenvalue weighted by Gasteiger charge is -2.26. The third-order valence-electron chi connectivity index (χ3n) is 5.38. The molecule has 1 aromatic heterocycles. The van der Waals surface area contributed by atoms with Crippen LogP contribution in [0.15, 0.2) is 40.7 Å². The predicted molar refractivity (Wildman–Crippen MR) is 110 cm³/mol. The number of thiazole rings is 1. The van der Waals surface area contributed by atoms with E-state index in [4.69, 9.17) is 0 Å². The Morgan fingerprint density at radius 1 is 1.15 bits per heavy atom. The summed E-state index contributed by atoms with van der Waals surface area (Å²) in [5, 5.41) is 6.44. The van der Waals surface area contributed by atoms with Crippen LogP contribution in [0.3, 0.4) is 0 Å². The molecule has 1 unspecified atom stereocenters. The number of benzene rings is 1. The zero-order valence-electron chi connectivity index (χ0n) is 15.0. The SMILES string of the molecule is O=C(Nc1nccs1)C(CC1CCCCC1)c1ccc(SC2CC2)cc1. The number of carbonyl (C=O) groups is 1. The molecule has 2 fully saturated rings. The van der Waals surface area contributed by atoms with E-state index in [1.54, 1.807) is 6.20 Å². The lowest BCUT2D eigenvalue weighted by atomic mass is 9.80. The molecule has 2 aliphatic carbocycles. The third kappa shape index (κ3) is 4.89. The largest absolute Gasteiger partial charge is 0.301 e. The van der Waals surface area contributed by atoms with E-state index >= 15 is 0 Å². The number of thioether (sulfide) groups is 1. The van der Waals surface area contributed by atoms with Gasteiger partial charge in [-0.3, -0.25) is 4.79 Å². The lowest BCUT2D eigenvalue weighted by molar-refractivity contribution is -0.118. The van der Waals surface area contributed by atoms with Crippen molar-refractivity contribution in [1.82, 2.24) is 4.98 Å². The minimum Gasteiger partial charge on any atom is -0.301 e. The highest BCUT2D eigenvalue weighted by Crippen LogP contribution is 2.40. The molecule has 2 saturated carbocycles. The van der Waals surface area contributed by atoms with Crippen molar-refractivity contribution in [2.75, 3.05) is 5.32 Å². The van der Waals surface area contributed by atoms with Gasteiger partial charge in [0.25, 0.3) is 0 Å². The highest BCUT2D eigenvalue weighted by atomic mass is 32.2. The second-order valence-electron chi connectivity index (χ2n) is 7.51. The van der Waals surface area contributed by atoms with Crippen LogP contribution in [0, 0.1) is 5.92 Å². The Bertz CT molecular complexity index is 704. The topological polar surface area (TPSA) is 42.0 Å². The number of hydrogen-bond donors (Lipinski definition) is 1. The fourth-order valence-corrected chi connectivity index (χ4v) is 5.37. The first kappa shape index (κ1) is 18.1. The third-order valence-corrected chi connectivity index (χ3v) is 7.42. The van der Waals surface area contributed by atoms with E-state index in [1.165, 1.54) is 61.2 Å². The van der Waals surface area contributed by atoms with Crippen molar-refractivity contribution < 1.29 is 4.79 Å². The van der Waals surface area contributed by atoms with Crippen molar-refractivity contribution in [2.45, 2.75) is 67.4 Å². The van der Waals surface area contributed by atoms with Crippen LogP contribution in [0.4, 0.5) is 5.13 Å². The quantitative estimate of drug-likeness (QED) is 0.626. The molecule has 26 heavy (non-hydrogen) atoms. The molecule has 1 atom stereocenters. The van der Waals surface area contributed by atoms with E-state index in [-0.39, 0.29) is 11.8 Å². The van der Waals surface area contributed by atoms with Crippen LogP contribution in [0.1, 0.15) is 62.8 Å². The molecule has 2 aromatic rings. The minimum atomic E-state index is -0.0815. The van der Waals surface area contributed by atoms with Crippen molar-refractivity contribution in [2.24, 2.45) is 5.92 Å². The van der Waals surface area contributed by atoms with Gasteiger partial charge in [-0.2, -0.15) is 0 Å². The molecule has 0 radical (unpaired) electrons. The molecule has 1 amide bonds. The van der Waals surface area contributed by atoms with Crippen molar-refractivity contribution in [3.63, 3.8) is 0 Å². The number of rotatable bonds is 7. The normalized spacial score (nSPS) is 19.2. The first-order valence-electron chi connectivity index (χ1n) is 9.75. The van der Waals surface area contributed by atoms with E-state index in [2.05, 4.69) is 34.6 Å². The minimum absolute atomic E-state index is 0.0815. The molecule has 1 heterocycles. The average Bonchev–Trinajstić information content (AvgIpc) is 3.34. The lowest BCUT2D eigenvalue weighted by Crippen LogP contribution is -2.24. The van der Waals surface area contributed by atoms with Crippen molar-refractivity contribution in [3.05, 3.63) is 41.4 Å². The number of hydrogen-bond acceptors (Lipinski definition) is 4. The summed E-state index contributed by atoms with van der Waals surface area (Å²) in [5.41, 5.74) is 1.14. The fourth-order valence-electron chi connectivity index (χ4n) is 3.79. The molecule has 138 valence electrons. The van der Waals surface area contributed by atoms with Crippen LogP contribution in [0.25, 0.3) is 0 Å². The van der Waals surface area contributed by atoms with Crippen LogP contribution in [-0.2, 0) is 4.79 Å². The van der Waals surface area contributed by atoms with Gasteiger partial charge in [0.15, 0.2) is 5.13 Å². The zero-order chi connectivity index (χ0) is 17.8. The molecule has 4 rings (SSSR count). The summed E-state index contributed by atoms with van der Waals surface area (Å²) in [7, 11) is 0. The maximum atomic E-state index is 13.0. The molecular formula is C21H26N2OS2. The van der Waals surface area contributed by atoms with Crippen LogP contribution in [0.5, 0.6) is 0 Å². The number of nitrogens with zero attached hydrogens (tertiary/aromatic N) is 1. The van der Waals surface area contributed by atoms with Gasteiger partial charge in [-0.15, -0.1) is 23.1 Å². The molecule has 0 aliphatic heterocycles. The smallest absolute Gasteiger partial charge is 0.233 e. The second-order valence-corrected chi connectivity index (χ2v) is 9.77. The Balaban J connectivity index is 1.49. The molecule has 0 bridgehead atoms. The summed E-state index contributed by atoms with van der Waals surface area (Å²) in [6.45, 7) is 0. The molecular weight excluding hydrogens is 360 g/mol. The fraction of sp³-hybridized carbons (Fsp3) is 0.524. The molecule has 5 heteroatoms. The van der Waals surface area contributed by atoms with Gasteiger partial charge in [-0.25, -0.2) is 4.98 Å². The molecule has 0 spiro atoms. The summed E-state index contributed by atoms with van der Waals surface area (Å²) in [5.74, 6) is 0.673. The molecule has 1 N–H and O–H groups in total. The number of aromatic nitrogens is 1. The van der Waals surface area contributed by atoms with E-state index in [1.807, 2.05) is 17.1 Å². The zero-order valence-corrected chi connectivity index (χ0v) is 16.7. The standard InChI is InChI=1S/C21H26N2OS2/c24-20(23-21-22-12-13-25-21)19(14-15-4-2-1-3-5-15)16-6-8-17(9-7-16)26-18-10-11-18/h6-9,12-13,15,18-19H,1-5,10-11,14H2,(H,22,23,24). The number of carbonyl (C=O) groups excluding carboxylic acids is 1. The average molecular weight is 387 g/mol. The van der Waals surface area contributed by atoms with Gasteiger partial charge in [-0.1, -0.05) is 44.2 Å². The Hall–Kier alpha value is -1.33. The summed E-state index contributed by atoms with van der Waals surface area (Å²) in [4.78, 5) is 18.6. The van der Waals surface area contributed by atoms with E-state index in [0.29, 0.717) is 11.0 Å². The van der Waals surface area contributed by atoms with Crippen LogP contribution >= 0.6 is 23.1 Å². The van der Waals surface area contributed by atoms with Gasteiger partial charge in [-0.05, 0) is 42.9 Å². The van der Waals surface area contributed by atoms with Crippen LogP contribution in [0.2, 0.25) is 0 Å². The Kier molecular flexibility index (Phi) is 5.95. The van der Waals surface area contributed by atoms with Crippen molar-refractivity contribution in [1.29, 1.82) is 0 Å². The predicted octanol–water partition coefficient (Wildman–Crippen LogP) is 6.09. The van der Waals surface area contributed by atoms with Gasteiger partial charge >= 0.3 is 0 Å². The van der Waals surface area contributed by atoms with Gasteiger partial charge in [0.1, 0.15) is 0 Å². The van der Waals surface area contributed by atoms with E-state index in [0.717, 1.165) is 17.2 Å². The monoisotopic (exact) mass is 386 g/mol. The van der Waals surface area contributed by atoms with Crippen molar-refractivity contribution >= 4 is 34.1 Å². The molecule has 2 aliphatic rings. The van der Waals surface area contributed by atoms with Crippen LogP contribution < -0.4 is 5.32 Å². The van der Waals surface area contributed by atoms with Crippen LogP contribution in [-0.4, -0.2) is 16.1 Å². The van der Waals surface area contributed by atoms with Crippen molar-refractivity contribution in [3.8, 4) is 0 Å². The number of nitrogens with one attached hydrogen (secondary N) is 1. The molecule has 1 aromatic carbocycles. The second kappa shape index (κ2) is 8.57. The van der Waals surface area contributed by atoms with Gasteiger partial charge < -0.3 is 5.32 Å². The van der Waals surface area contributed by atoms with Gasteiger partial charge in [0.05, 0.1) is 5.92 Å². The Morgan fingerprint density at radius 2 is 1.92 bits per heavy atom. The molecule has 0 saturated heterocycles. The Labute approximate surface area is 164 Å². The number of amides is 1. The number of anilines is 1. The highest BCUT2D eigenvalue weighted by molar-refractivity contribution is 8.00.